The molecule has 1 aliphatic heterocycles. The molecule has 5 heteroatoms. The van der Waals surface area contributed by atoms with Crippen LogP contribution in [0.1, 0.15) is 32.0 Å². The minimum atomic E-state index is -0.190. The Morgan fingerprint density at radius 3 is 2.83 bits per heavy atom. The third kappa shape index (κ3) is 2.79. The third-order valence-electron chi connectivity index (χ3n) is 3.09. The van der Waals surface area contributed by atoms with Gasteiger partial charge in [0.15, 0.2) is 0 Å². The highest BCUT2D eigenvalue weighted by Gasteiger charge is 2.32. The van der Waals surface area contributed by atoms with Crippen LogP contribution in [0.4, 0.5) is 5.95 Å². The fourth-order valence-electron chi connectivity index (χ4n) is 2.39. The molecule has 5 nitrogen and oxygen atoms in total. The molecule has 2 heterocycles. The van der Waals surface area contributed by atoms with E-state index in [0.717, 1.165) is 24.3 Å². The van der Waals surface area contributed by atoms with Crippen molar-refractivity contribution in [2.45, 2.75) is 46.0 Å². The summed E-state index contributed by atoms with van der Waals surface area (Å²) in [6, 6.07) is 0. The molecule has 18 heavy (non-hydrogen) atoms. The molecule has 100 valence electrons. The van der Waals surface area contributed by atoms with Crippen molar-refractivity contribution in [2.24, 2.45) is 0 Å². The number of aliphatic hydroxyl groups excluding tert-OH is 1. The molecule has 0 aromatic carbocycles. The predicted molar refractivity (Wildman–Crippen MR) is 69.5 cm³/mol. The van der Waals surface area contributed by atoms with Gasteiger partial charge in [-0.2, -0.15) is 0 Å². The first-order valence-corrected chi connectivity index (χ1v) is 6.27. The highest BCUT2D eigenvalue weighted by atomic mass is 16.5. The highest BCUT2D eigenvalue weighted by molar-refractivity contribution is 5.34. The lowest BCUT2D eigenvalue weighted by Crippen LogP contribution is -2.52. The molecule has 1 aromatic heterocycles. The summed E-state index contributed by atoms with van der Waals surface area (Å²) < 4.78 is 5.86. The topological polar surface area (TPSA) is 58.5 Å². The lowest BCUT2D eigenvalue weighted by molar-refractivity contribution is -0.0753. The highest BCUT2D eigenvalue weighted by Crippen LogP contribution is 2.24. The van der Waals surface area contributed by atoms with Gasteiger partial charge in [0.05, 0.1) is 18.3 Å². The number of rotatable bonds is 2. The van der Waals surface area contributed by atoms with E-state index < -0.39 is 0 Å². The average Bonchev–Trinajstić information content (AvgIpc) is 2.26. The Hall–Kier alpha value is -1.20. The SMILES string of the molecule is Cc1nc(N2CC(C)OC(C)(C)C2)ncc1CO. The summed E-state index contributed by atoms with van der Waals surface area (Å²) in [6.45, 7) is 9.65. The van der Waals surface area contributed by atoms with Gasteiger partial charge < -0.3 is 14.7 Å². The van der Waals surface area contributed by atoms with Crippen LogP contribution in [0.2, 0.25) is 0 Å². The van der Waals surface area contributed by atoms with E-state index in [1.54, 1.807) is 6.20 Å². The summed E-state index contributed by atoms with van der Waals surface area (Å²) >= 11 is 0. The van der Waals surface area contributed by atoms with Gasteiger partial charge in [-0.3, -0.25) is 0 Å². The number of aromatic nitrogens is 2. The maximum Gasteiger partial charge on any atom is 0.225 e. The molecule has 0 bridgehead atoms. The van der Waals surface area contributed by atoms with Crippen LogP contribution in [0.3, 0.4) is 0 Å². The zero-order valence-corrected chi connectivity index (χ0v) is 11.5. The standard InChI is InChI=1S/C13H21N3O2/c1-9-6-16(8-13(3,4)18-9)12-14-5-11(7-17)10(2)15-12/h5,9,17H,6-8H2,1-4H3. The number of morpholine rings is 1. The maximum atomic E-state index is 9.13. The second kappa shape index (κ2) is 4.82. The molecule has 1 atom stereocenters. The summed E-state index contributed by atoms with van der Waals surface area (Å²) in [7, 11) is 0. The Bertz CT molecular complexity index is 434. The van der Waals surface area contributed by atoms with Crippen molar-refractivity contribution in [3.05, 3.63) is 17.5 Å². The molecule has 1 aliphatic rings. The lowest BCUT2D eigenvalue weighted by atomic mass is 10.1. The zero-order valence-electron chi connectivity index (χ0n) is 11.5. The molecule has 0 radical (unpaired) electrons. The van der Waals surface area contributed by atoms with Crippen molar-refractivity contribution in [1.29, 1.82) is 0 Å². The van der Waals surface area contributed by atoms with Crippen LogP contribution in [0.25, 0.3) is 0 Å². The fraction of sp³-hybridized carbons (Fsp3) is 0.692. The Morgan fingerprint density at radius 1 is 1.56 bits per heavy atom. The Labute approximate surface area is 108 Å². The van der Waals surface area contributed by atoms with E-state index in [1.165, 1.54) is 0 Å². The van der Waals surface area contributed by atoms with E-state index in [9.17, 15) is 0 Å². The van der Waals surface area contributed by atoms with Crippen molar-refractivity contribution in [2.75, 3.05) is 18.0 Å². The predicted octanol–water partition coefficient (Wildman–Crippen LogP) is 1.28. The lowest BCUT2D eigenvalue weighted by Gasteiger charge is -2.41. The van der Waals surface area contributed by atoms with Crippen LogP contribution >= 0.6 is 0 Å². The number of ether oxygens (including phenoxy) is 1. The van der Waals surface area contributed by atoms with Gasteiger partial charge >= 0.3 is 0 Å². The van der Waals surface area contributed by atoms with Gasteiger partial charge in [0.1, 0.15) is 0 Å². The molecule has 2 rings (SSSR count). The van der Waals surface area contributed by atoms with Gasteiger partial charge in [-0.25, -0.2) is 9.97 Å². The van der Waals surface area contributed by atoms with E-state index in [2.05, 4.69) is 35.6 Å². The second-order valence-electron chi connectivity index (χ2n) is 5.51. The molecular formula is C13H21N3O2. The first-order valence-electron chi connectivity index (χ1n) is 6.27. The summed E-state index contributed by atoms with van der Waals surface area (Å²) in [5.74, 6) is 0.716. The van der Waals surface area contributed by atoms with Crippen molar-refractivity contribution in [3.8, 4) is 0 Å². The van der Waals surface area contributed by atoms with Crippen LogP contribution in [0.5, 0.6) is 0 Å². The van der Waals surface area contributed by atoms with Crippen LogP contribution in [-0.2, 0) is 11.3 Å². The van der Waals surface area contributed by atoms with Gasteiger partial charge in [0.2, 0.25) is 5.95 Å². The molecule has 0 aliphatic carbocycles. The quantitative estimate of drug-likeness (QED) is 0.858. The minimum absolute atomic E-state index is 0.0167. The third-order valence-corrected chi connectivity index (χ3v) is 3.09. The Morgan fingerprint density at radius 2 is 2.28 bits per heavy atom. The van der Waals surface area contributed by atoms with Crippen LogP contribution in [-0.4, -0.2) is 39.9 Å². The maximum absolute atomic E-state index is 9.13. The number of hydrogen-bond donors (Lipinski definition) is 1. The molecule has 1 fully saturated rings. The average molecular weight is 251 g/mol. The molecule has 1 unspecified atom stereocenters. The first kappa shape index (κ1) is 13.2. The Balaban J connectivity index is 2.23. The number of anilines is 1. The van der Waals surface area contributed by atoms with Crippen LogP contribution in [0.15, 0.2) is 6.20 Å². The summed E-state index contributed by atoms with van der Waals surface area (Å²) in [5.41, 5.74) is 1.42. The molecule has 0 amide bonds. The van der Waals surface area contributed by atoms with Gasteiger partial charge in [-0.05, 0) is 27.7 Å². The van der Waals surface area contributed by atoms with Gasteiger partial charge in [0, 0.05) is 30.5 Å². The normalized spacial score (nSPS) is 23.2. The van der Waals surface area contributed by atoms with Crippen molar-refractivity contribution >= 4 is 5.95 Å². The van der Waals surface area contributed by atoms with Crippen LogP contribution < -0.4 is 4.90 Å². The first-order chi connectivity index (χ1) is 8.41. The van der Waals surface area contributed by atoms with E-state index >= 15 is 0 Å². The van der Waals surface area contributed by atoms with Crippen molar-refractivity contribution < 1.29 is 9.84 Å². The van der Waals surface area contributed by atoms with Crippen molar-refractivity contribution in [3.63, 3.8) is 0 Å². The van der Waals surface area contributed by atoms with E-state index in [1.807, 2.05) is 6.92 Å². The molecule has 1 aromatic rings. The molecule has 0 saturated carbocycles. The molecular weight excluding hydrogens is 230 g/mol. The summed E-state index contributed by atoms with van der Waals surface area (Å²) in [5, 5.41) is 9.13. The molecule has 0 spiro atoms. The number of nitrogens with zero attached hydrogens (tertiary/aromatic N) is 3. The smallest absolute Gasteiger partial charge is 0.225 e. The van der Waals surface area contributed by atoms with Gasteiger partial charge in [0.25, 0.3) is 0 Å². The summed E-state index contributed by atoms with van der Waals surface area (Å²) in [4.78, 5) is 10.9. The van der Waals surface area contributed by atoms with Crippen LogP contribution in [0, 0.1) is 6.92 Å². The fourth-order valence-corrected chi connectivity index (χ4v) is 2.39. The second-order valence-corrected chi connectivity index (χ2v) is 5.51. The summed E-state index contributed by atoms with van der Waals surface area (Å²) in [6.07, 6.45) is 1.86. The van der Waals surface area contributed by atoms with E-state index in [0.29, 0.717) is 5.95 Å². The molecule has 1 N–H and O–H groups in total. The number of aliphatic hydroxyl groups is 1. The monoisotopic (exact) mass is 251 g/mol. The number of aryl methyl sites for hydroxylation is 1. The number of hydrogen-bond acceptors (Lipinski definition) is 5. The zero-order chi connectivity index (χ0) is 13.3. The minimum Gasteiger partial charge on any atom is -0.392 e. The Kier molecular flexibility index (Phi) is 3.54. The van der Waals surface area contributed by atoms with Gasteiger partial charge in [-0.1, -0.05) is 0 Å². The largest absolute Gasteiger partial charge is 0.392 e. The van der Waals surface area contributed by atoms with E-state index in [-0.39, 0.29) is 18.3 Å². The van der Waals surface area contributed by atoms with E-state index in [4.69, 9.17) is 9.84 Å². The van der Waals surface area contributed by atoms with Crippen molar-refractivity contribution in [1.82, 2.24) is 9.97 Å². The van der Waals surface area contributed by atoms with Gasteiger partial charge in [-0.15, -0.1) is 0 Å². The molecule has 1 saturated heterocycles.